The Morgan fingerprint density at radius 3 is 2.44 bits per heavy atom. The number of hydrogen-bond acceptors (Lipinski definition) is 4. The van der Waals surface area contributed by atoms with Gasteiger partial charge >= 0.3 is 5.97 Å². The van der Waals surface area contributed by atoms with Crippen molar-refractivity contribution in [2.45, 2.75) is 0 Å². The van der Waals surface area contributed by atoms with Crippen LogP contribution in [-0.2, 0) is 9.53 Å². The van der Waals surface area contributed by atoms with E-state index in [1.54, 1.807) is 0 Å². The minimum absolute atomic E-state index is 0.0717. The van der Waals surface area contributed by atoms with Crippen molar-refractivity contribution in [3.05, 3.63) is 46.0 Å². The first kappa shape index (κ1) is 13.6. The van der Waals surface area contributed by atoms with Gasteiger partial charge in [-0.2, -0.15) is 0 Å². The first-order chi connectivity index (χ1) is 8.58. The van der Waals surface area contributed by atoms with Gasteiger partial charge in [-0.25, -0.2) is 4.79 Å². The molecule has 0 aromatic heterocycles. The zero-order valence-electron chi connectivity index (χ0n) is 10.5. The number of methoxy groups -OCH3 is 1. The number of benzene rings is 1. The second-order valence-corrected chi connectivity index (χ2v) is 3.70. The van der Waals surface area contributed by atoms with Crippen LogP contribution in [0, 0.1) is 0 Å². The van der Waals surface area contributed by atoms with Crippen LogP contribution in [0.1, 0.15) is 5.56 Å². The summed E-state index contributed by atoms with van der Waals surface area (Å²) in [5.41, 5.74) is 10.1. The molecule has 0 aliphatic heterocycles. The molecule has 0 unspecified atom stereocenters. The number of carbonyl (C=O) groups is 1. The summed E-state index contributed by atoms with van der Waals surface area (Å²) in [6, 6.07) is 7.45. The highest BCUT2D eigenvalue weighted by Crippen LogP contribution is 2.15. The maximum Gasteiger partial charge on any atom is 0.340 e. The predicted octanol–water partition coefficient (Wildman–Crippen LogP) is 2.58. The third kappa shape index (κ3) is 3.54. The highest BCUT2D eigenvalue weighted by atomic mass is 16.5. The molecule has 1 aromatic carbocycles. The molecule has 0 amide bonds. The molecule has 6 heteroatoms. The van der Waals surface area contributed by atoms with E-state index in [2.05, 4.69) is 14.8 Å². The summed E-state index contributed by atoms with van der Waals surface area (Å²) in [7, 11) is 5.10. The van der Waals surface area contributed by atoms with Gasteiger partial charge in [-0.15, -0.1) is 0 Å². The van der Waals surface area contributed by atoms with E-state index in [9.17, 15) is 4.79 Å². The lowest BCUT2D eigenvalue weighted by atomic mass is 10.1. The van der Waals surface area contributed by atoms with E-state index in [0.29, 0.717) is 0 Å². The van der Waals surface area contributed by atoms with E-state index in [-0.39, 0.29) is 5.70 Å². The molecule has 6 nitrogen and oxygen atoms in total. The molecule has 0 atom stereocenters. The molecule has 0 saturated carbocycles. The number of azide groups is 1. The lowest BCUT2D eigenvalue weighted by Crippen LogP contribution is -2.08. The predicted molar refractivity (Wildman–Crippen MR) is 69.9 cm³/mol. The van der Waals surface area contributed by atoms with Crippen molar-refractivity contribution < 1.29 is 9.53 Å². The van der Waals surface area contributed by atoms with Gasteiger partial charge in [0.2, 0.25) is 0 Å². The molecule has 0 heterocycles. The van der Waals surface area contributed by atoms with E-state index < -0.39 is 5.97 Å². The maximum absolute atomic E-state index is 11.3. The minimum Gasteiger partial charge on any atom is -0.466 e. The summed E-state index contributed by atoms with van der Waals surface area (Å²) in [5.74, 6) is -0.663. The monoisotopic (exact) mass is 246 g/mol. The lowest BCUT2D eigenvalue weighted by Gasteiger charge is -2.11. The van der Waals surface area contributed by atoms with Crippen LogP contribution in [0.25, 0.3) is 16.5 Å². The minimum atomic E-state index is -0.663. The third-order valence-corrected chi connectivity index (χ3v) is 2.26. The Balaban J connectivity index is 3.05. The first-order valence-corrected chi connectivity index (χ1v) is 5.21. The quantitative estimate of drug-likeness (QED) is 0.269. The van der Waals surface area contributed by atoms with E-state index in [0.717, 1.165) is 11.3 Å². The van der Waals surface area contributed by atoms with Crippen molar-refractivity contribution in [2.24, 2.45) is 5.11 Å². The maximum atomic E-state index is 11.3. The smallest absolute Gasteiger partial charge is 0.340 e. The van der Waals surface area contributed by atoms with E-state index in [1.807, 2.05) is 43.3 Å². The number of rotatable bonds is 4. The van der Waals surface area contributed by atoms with Crippen molar-refractivity contribution in [3.63, 3.8) is 0 Å². The number of nitrogens with zero attached hydrogens (tertiary/aromatic N) is 4. The van der Waals surface area contributed by atoms with Crippen LogP contribution in [-0.4, -0.2) is 27.2 Å². The van der Waals surface area contributed by atoms with Gasteiger partial charge < -0.3 is 9.64 Å². The van der Waals surface area contributed by atoms with Crippen molar-refractivity contribution in [1.29, 1.82) is 0 Å². The molecule has 0 spiro atoms. The Kier molecular flexibility index (Phi) is 4.78. The molecule has 0 fully saturated rings. The third-order valence-electron chi connectivity index (χ3n) is 2.26. The van der Waals surface area contributed by atoms with Crippen LogP contribution in [0.15, 0.2) is 35.1 Å². The summed E-state index contributed by atoms with van der Waals surface area (Å²) in [6.45, 7) is 0. The summed E-state index contributed by atoms with van der Waals surface area (Å²) in [6.07, 6.45) is 1.48. The van der Waals surface area contributed by atoms with Crippen LogP contribution in [0.2, 0.25) is 0 Å². The standard InChI is InChI=1S/C12H14N4O2/c1-16(2)10-6-4-9(5-7-10)8-11(14-15-13)12(17)18-3/h4-8H,1-3H3/b11-8-. The summed E-state index contributed by atoms with van der Waals surface area (Å²) < 4.78 is 4.52. The second kappa shape index (κ2) is 6.32. The topological polar surface area (TPSA) is 78.3 Å². The lowest BCUT2D eigenvalue weighted by molar-refractivity contribution is -0.136. The normalized spacial score (nSPS) is 10.5. The Labute approximate surface area is 105 Å². The zero-order valence-corrected chi connectivity index (χ0v) is 10.5. The largest absolute Gasteiger partial charge is 0.466 e. The molecule has 0 radical (unpaired) electrons. The van der Waals surface area contributed by atoms with Crippen molar-refractivity contribution in [3.8, 4) is 0 Å². The van der Waals surface area contributed by atoms with Gasteiger partial charge in [0.15, 0.2) is 0 Å². The van der Waals surface area contributed by atoms with Gasteiger partial charge in [0.05, 0.1) is 7.11 Å². The molecule has 1 aromatic rings. The number of carbonyl (C=O) groups excluding carboxylic acids is 1. The van der Waals surface area contributed by atoms with Gasteiger partial charge in [0.25, 0.3) is 0 Å². The van der Waals surface area contributed by atoms with Crippen LogP contribution in [0.4, 0.5) is 5.69 Å². The van der Waals surface area contributed by atoms with Gasteiger partial charge in [-0.1, -0.05) is 17.2 Å². The average molecular weight is 246 g/mol. The molecule has 18 heavy (non-hydrogen) atoms. The average Bonchev–Trinajstić information content (AvgIpc) is 2.38. The van der Waals surface area contributed by atoms with Crippen molar-refractivity contribution in [1.82, 2.24) is 0 Å². The summed E-state index contributed by atoms with van der Waals surface area (Å²) in [4.78, 5) is 15.9. The van der Waals surface area contributed by atoms with E-state index in [1.165, 1.54) is 13.2 Å². The number of anilines is 1. The first-order valence-electron chi connectivity index (χ1n) is 5.21. The van der Waals surface area contributed by atoms with Gasteiger partial charge in [-0.05, 0) is 29.3 Å². The SMILES string of the molecule is COC(=O)/C(=C/c1ccc(N(C)C)cc1)N=[N+]=[N-]. The number of hydrogen-bond donors (Lipinski definition) is 0. The fraction of sp³-hybridized carbons (Fsp3) is 0.250. The van der Waals surface area contributed by atoms with Crippen molar-refractivity contribution in [2.75, 3.05) is 26.1 Å². The molecular weight excluding hydrogens is 232 g/mol. The molecule has 0 N–H and O–H groups in total. The molecule has 0 aliphatic rings. The van der Waals surface area contributed by atoms with E-state index in [4.69, 9.17) is 5.53 Å². The Morgan fingerprint density at radius 2 is 2.00 bits per heavy atom. The van der Waals surface area contributed by atoms with Gasteiger partial charge in [0.1, 0.15) is 5.70 Å². The summed E-state index contributed by atoms with van der Waals surface area (Å²) >= 11 is 0. The Hall–Kier alpha value is -2.46. The fourth-order valence-electron chi connectivity index (χ4n) is 1.31. The molecular formula is C12H14N4O2. The van der Waals surface area contributed by atoms with Crippen LogP contribution in [0.5, 0.6) is 0 Å². The number of ether oxygens (including phenoxy) is 1. The second-order valence-electron chi connectivity index (χ2n) is 3.70. The van der Waals surface area contributed by atoms with E-state index >= 15 is 0 Å². The van der Waals surface area contributed by atoms with Gasteiger partial charge in [0, 0.05) is 24.7 Å². The zero-order chi connectivity index (χ0) is 13.5. The molecule has 0 bridgehead atoms. The molecule has 1 rings (SSSR count). The highest BCUT2D eigenvalue weighted by molar-refractivity contribution is 5.93. The highest BCUT2D eigenvalue weighted by Gasteiger charge is 2.07. The van der Waals surface area contributed by atoms with Gasteiger partial charge in [-0.3, -0.25) is 0 Å². The van der Waals surface area contributed by atoms with Crippen molar-refractivity contribution >= 4 is 17.7 Å². The Bertz CT molecular complexity index is 499. The number of esters is 1. The Morgan fingerprint density at radius 1 is 1.39 bits per heavy atom. The summed E-state index contributed by atoms with van der Waals surface area (Å²) in [5, 5.41) is 3.30. The van der Waals surface area contributed by atoms with Crippen LogP contribution < -0.4 is 4.90 Å². The van der Waals surface area contributed by atoms with Crippen LogP contribution in [0.3, 0.4) is 0 Å². The fourth-order valence-corrected chi connectivity index (χ4v) is 1.31. The molecule has 0 aliphatic carbocycles. The molecule has 0 saturated heterocycles. The molecule has 94 valence electrons. The van der Waals surface area contributed by atoms with Crippen LogP contribution >= 0.6 is 0 Å².